The number of carbonyl (C=O) groups is 2. The molecule has 3 rings (SSSR count). The van der Waals surface area contributed by atoms with Gasteiger partial charge in [-0.05, 0) is 50.1 Å². The molecule has 1 heterocycles. The summed E-state index contributed by atoms with van der Waals surface area (Å²) in [6.45, 7) is 5.47. The Kier molecular flexibility index (Phi) is 4.57. The minimum atomic E-state index is -0.552. The van der Waals surface area contributed by atoms with Gasteiger partial charge in [-0.2, -0.15) is 0 Å². The minimum absolute atomic E-state index is 0.205. The maximum absolute atomic E-state index is 12.4. The van der Waals surface area contributed by atoms with Crippen molar-refractivity contribution >= 4 is 22.8 Å². The molecule has 0 atom stereocenters. The highest BCUT2D eigenvalue weighted by Gasteiger charge is 2.16. The molecule has 0 aliphatic heterocycles. The molecular weight excluding hydrogens is 316 g/mol. The fourth-order valence-corrected chi connectivity index (χ4v) is 3.00. The maximum Gasteiger partial charge on any atom is 0.338 e. The predicted molar refractivity (Wildman–Crippen MR) is 94.8 cm³/mol. The number of Topliss-reactive ketones (excluding diaryl/α,β-unsaturated/α-hetero) is 1. The van der Waals surface area contributed by atoms with E-state index in [9.17, 15) is 9.59 Å². The van der Waals surface area contributed by atoms with E-state index >= 15 is 0 Å². The number of ketones is 1. The molecule has 0 N–H and O–H groups in total. The lowest BCUT2D eigenvalue weighted by molar-refractivity contribution is 0.0474. The number of esters is 1. The molecule has 0 aliphatic rings. The summed E-state index contributed by atoms with van der Waals surface area (Å²) in [7, 11) is 0. The van der Waals surface area contributed by atoms with Gasteiger partial charge in [0, 0.05) is 18.0 Å². The average Bonchev–Trinajstić information content (AvgIpc) is 2.58. The molecule has 5 heteroatoms. The van der Waals surface area contributed by atoms with Crippen LogP contribution in [0.1, 0.15) is 37.4 Å². The summed E-state index contributed by atoms with van der Waals surface area (Å²) in [5, 5.41) is 0. The Morgan fingerprint density at radius 3 is 2.24 bits per heavy atom. The van der Waals surface area contributed by atoms with Crippen molar-refractivity contribution in [1.29, 1.82) is 0 Å². The number of carbonyl (C=O) groups excluding carboxylic acids is 2. The van der Waals surface area contributed by atoms with E-state index < -0.39 is 5.97 Å². The molecule has 0 fully saturated rings. The van der Waals surface area contributed by atoms with Crippen LogP contribution in [-0.2, 0) is 4.74 Å². The predicted octanol–water partition coefficient (Wildman–Crippen LogP) is 3.59. The number of fused-ring (bicyclic) bond motifs is 1. The van der Waals surface area contributed by atoms with Gasteiger partial charge in [0.2, 0.25) is 5.78 Å². The summed E-state index contributed by atoms with van der Waals surface area (Å²) < 4.78 is 5.20. The summed E-state index contributed by atoms with van der Waals surface area (Å²) in [4.78, 5) is 33.0. The van der Waals surface area contributed by atoms with Gasteiger partial charge >= 0.3 is 5.97 Å². The van der Waals surface area contributed by atoms with Gasteiger partial charge < -0.3 is 4.74 Å². The van der Waals surface area contributed by atoms with Crippen LogP contribution in [0, 0.1) is 20.8 Å². The number of aryl methyl sites for hydroxylation is 3. The van der Waals surface area contributed by atoms with Crippen LogP contribution >= 0.6 is 0 Å². The molecule has 0 unspecified atom stereocenters. The van der Waals surface area contributed by atoms with Crippen LogP contribution in [0.2, 0.25) is 0 Å². The lowest BCUT2D eigenvalue weighted by Gasteiger charge is -2.11. The van der Waals surface area contributed by atoms with Gasteiger partial charge in [-0.1, -0.05) is 17.7 Å². The van der Waals surface area contributed by atoms with E-state index in [1.807, 2.05) is 32.9 Å². The summed E-state index contributed by atoms with van der Waals surface area (Å²) in [6.07, 6.45) is 3.15. The first-order valence-corrected chi connectivity index (χ1v) is 7.94. The topological polar surface area (TPSA) is 69.2 Å². The van der Waals surface area contributed by atoms with E-state index in [0.29, 0.717) is 22.2 Å². The second-order valence-electron chi connectivity index (χ2n) is 6.03. The van der Waals surface area contributed by atoms with Crippen LogP contribution in [0.5, 0.6) is 0 Å². The fraction of sp³-hybridized carbons (Fsp3) is 0.200. The second kappa shape index (κ2) is 6.81. The van der Waals surface area contributed by atoms with Crippen LogP contribution in [0.3, 0.4) is 0 Å². The van der Waals surface area contributed by atoms with Crippen LogP contribution in [0.15, 0.2) is 42.7 Å². The Morgan fingerprint density at radius 1 is 0.920 bits per heavy atom. The molecule has 1 aromatic heterocycles. The highest BCUT2D eigenvalue weighted by molar-refractivity contribution is 6.02. The first-order chi connectivity index (χ1) is 12.0. The average molecular weight is 334 g/mol. The quantitative estimate of drug-likeness (QED) is 0.539. The Labute approximate surface area is 145 Å². The lowest BCUT2D eigenvalue weighted by Crippen LogP contribution is -2.16. The first kappa shape index (κ1) is 16.8. The largest absolute Gasteiger partial charge is 0.454 e. The van der Waals surface area contributed by atoms with Crippen LogP contribution in [-0.4, -0.2) is 28.3 Å². The van der Waals surface area contributed by atoms with Crippen molar-refractivity contribution in [3.8, 4) is 0 Å². The third-order valence-corrected chi connectivity index (χ3v) is 4.00. The van der Waals surface area contributed by atoms with Gasteiger partial charge in [0.25, 0.3) is 0 Å². The van der Waals surface area contributed by atoms with Crippen molar-refractivity contribution in [2.75, 3.05) is 6.61 Å². The molecule has 0 radical (unpaired) electrons. The van der Waals surface area contributed by atoms with Crippen molar-refractivity contribution in [2.45, 2.75) is 20.8 Å². The summed E-state index contributed by atoms with van der Waals surface area (Å²) >= 11 is 0. The molecule has 2 aromatic carbocycles. The van der Waals surface area contributed by atoms with Crippen molar-refractivity contribution in [3.05, 3.63) is 70.5 Å². The molecule has 0 saturated heterocycles. The summed E-state index contributed by atoms with van der Waals surface area (Å²) in [5.41, 5.74) is 5.13. The Balaban J connectivity index is 1.74. The van der Waals surface area contributed by atoms with E-state index in [1.54, 1.807) is 30.6 Å². The zero-order valence-electron chi connectivity index (χ0n) is 14.4. The molecule has 25 heavy (non-hydrogen) atoms. The molecular formula is C20H18N2O3. The van der Waals surface area contributed by atoms with Gasteiger partial charge in [0.15, 0.2) is 6.61 Å². The zero-order valence-corrected chi connectivity index (χ0v) is 14.4. The highest BCUT2D eigenvalue weighted by Crippen LogP contribution is 2.18. The van der Waals surface area contributed by atoms with Crippen LogP contribution < -0.4 is 0 Å². The van der Waals surface area contributed by atoms with E-state index in [4.69, 9.17) is 4.74 Å². The lowest BCUT2D eigenvalue weighted by atomic mass is 9.97. The van der Waals surface area contributed by atoms with E-state index in [0.717, 1.165) is 16.7 Å². The van der Waals surface area contributed by atoms with E-state index in [1.165, 1.54) is 0 Å². The zero-order chi connectivity index (χ0) is 18.0. The van der Waals surface area contributed by atoms with E-state index in [2.05, 4.69) is 9.97 Å². The molecule has 3 aromatic rings. The smallest absolute Gasteiger partial charge is 0.338 e. The van der Waals surface area contributed by atoms with Gasteiger partial charge in [-0.3, -0.25) is 14.8 Å². The molecule has 0 aliphatic carbocycles. The Bertz CT molecular complexity index is 957. The van der Waals surface area contributed by atoms with Gasteiger partial charge in [-0.15, -0.1) is 0 Å². The number of hydrogen-bond donors (Lipinski definition) is 0. The molecule has 0 spiro atoms. The van der Waals surface area contributed by atoms with E-state index in [-0.39, 0.29) is 12.4 Å². The third kappa shape index (κ3) is 3.55. The summed E-state index contributed by atoms with van der Waals surface area (Å²) in [6, 6.07) is 8.83. The van der Waals surface area contributed by atoms with Gasteiger partial charge in [0.05, 0.1) is 16.6 Å². The van der Waals surface area contributed by atoms with Crippen molar-refractivity contribution in [1.82, 2.24) is 9.97 Å². The van der Waals surface area contributed by atoms with Crippen LogP contribution in [0.4, 0.5) is 0 Å². The minimum Gasteiger partial charge on any atom is -0.454 e. The molecule has 0 bridgehead atoms. The number of ether oxygens (including phenoxy) is 1. The van der Waals surface area contributed by atoms with Crippen molar-refractivity contribution < 1.29 is 14.3 Å². The normalized spacial score (nSPS) is 10.7. The fourth-order valence-electron chi connectivity index (χ4n) is 3.00. The third-order valence-electron chi connectivity index (χ3n) is 4.00. The number of rotatable bonds is 4. The molecule has 0 saturated carbocycles. The highest BCUT2D eigenvalue weighted by atomic mass is 16.5. The van der Waals surface area contributed by atoms with Gasteiger partial charge in [0.1, 0.15) is 0 Å². The SMILES string of the molecule is Cc1cc(C)c(C(=O)COC(=O)c2ccc3nccnc3c2)c(C)c1. The number of hydrogen-bond acceptors (Lipinski definition) is 5. The first-order valence-electron chi connectivity index (χ1n) is 7.94. The Hall–Kier alpha value is -3.08. The molecule has 126 valence electrons. The number of benzene rings is 2. The van der Waals surface area contributed by atoms with Crippen molar-refractivity contribution in [2.24, 2.45) is 0 Å². The number of nitrogens with zero attached hydrogens (tertiary/aromatic N) is 2. The second-order valence-corrected chi connectivity index (χ2v) is 6.03. The molecule has 5 nitrogen and oxygen atoms in total. The molecule has 0 amide bonds. The monoisotopic (exact) mass is 334 g/mol. The van der Waals surface area contributed by atoms with Crippen LogP contribution in [0.25, 0.3) is 11.0 Å². The number of aromatic nitrogens is 2. The maximum atomic E-state index is 12.4. The van der Waals surface area contributed by atoms with Crippen molar-refractivity contribution in [3.63, 3.8) is 0 Å². The Morgan fingerprint density at radius 2 is 1.56 bits per heavy atom. The van der Waals surface area contributed by atoms with Gasteiger partial charge in [-0.25, -0.2) is 4.79 Å². The summed E-state index contributed by atoms with van der Waals surface area (Å²) in [5.74, 6) is -0.757. The standard InChI is InChI=1S/C20H18N2O3/c1-12-8-13(2)19(14(3)9-12)18(23)11-25-20(24)15-4-5-16-17(10-15)22-7-6-21-16/h4-10H,11H2,1-3H3.